The van der Waals surface area contributed by atoms with E-state index in [0.717, 1.165) is 18.2 Å². The fourth-order valence-corrected chi connectivity index (χ4v) is 0.996. The topological polar surface area (TPSA) is 55.2 Å². The van der Waals surface area contributed by atoms with E-state index in [0.29, 0.717) is 0 Å². The summed E-state index contributed by atoms with van der Waals surface area (Å²) in [5, 5.41) is 12.5. The van der Waals surface area contributed by atoms with Gasteiger partial charge in [0.15, 0.2) is 0 Å². The highest BCUT2D eigenvalue weighted by Crippen LogP contribution is 2.24. The molecule has 0 aliphatic rings. The molecule has 1 N–H and O–H groups in total. The molecule has 1 aromatic carbocycles. The molecule has 0 saturated carbocycles. The highest BCUT2D eigenvalue weighted by Gasteiger charge is 2.15. The lowest BCUT2D eigenvalue weighted by molar-refractivity contribution is -0.384. The lowest BCUT2D eigenvalue weighted by atomic mass is 10.2. The number of nitrogens with zero attached hydrogens (tertiary/aromatic N) is 1. The monoisotopic (exact) mass is 220 g/mol. The lowest BCUT2D eigenvalue weighted by Crippen LogP contribution is -2.11. The number of anilines is 1. The molecule has 1 rings (SSSR count). The number of nitro benzene ring substituents is 1. The summed E-state index contributed by atoms with van der Waals surface area (Å²) in [5.41, 5.74) is -0.683. The Balaban J connectivity index is 2.92. The van der Waals surface area contributed by atoms with Crippen LogP contribution in [0.2, 0.25) is 0 Å². The third kappa shape index (κ3) is 3.12. The van der Waals surface area contributed by atoms with Gasteiger partial charge in [-0.15, -0.1) is 0 Å². The average molecular weight is 220 g/mol. The first kappa shape index (κ1) is 11.3. The van der Waals surface area contributed by atoms with Crippen molar-refractivity contribution < 1.29 is 18.1 Å². The second-order valence-electron chi connectivity index (χ2n) is 2.69. The van der Waals surface area contributed by atoms with Gasteiger partial charge < -0.3 is 5.32 Å². The molecule has 0 unspecified atom stereocenters. The first-order valence-corrected chi connectivity index (χ1v) is 3.96. The summed E-state index contributed by atoms with van der Waals surface area (Å²) >= 11 is 0. The Kier molecular flexibility index (Phi) is 3.48. The van der Waals surface area contributed by atoms with Gasteiger partial charge in [-0.3, -0.25) is 10.1 Å². The molecule has 7 heteroatoms. The van der Waals surface area contributed by atoms with Crippen LogP contribution in [-0.2, 0) is 0 Å². The van der Waals surface area contributed by atoms with Crippen LogP contribution in [0.1, 0.15) is 0 Å². The zero-order valence-corrected chi connectivity index (χ0v) is 7.41. The highest BCUT2D eigenvalue weighted by atomic mass is 19.3. The second kappa shape index (κ2) is 4.63. The third-order valence-electron chi connectivity index (χ3n) is 1.60. The molecular weight excluding hydrogens is 213 g/mol. The van der Waals surface area contributed by atoms with E-state index in [9.17, 15) is 23.3 Å². The van der Waals surface area contributed by atoms with Gasteiger partial charge in [-0.05, 0) is 6.07 Å². The Labute approximate surface area is 82.9 Å². The molecule has 0 spiro atoms. The third-order valence-corrected chi connectivity index (χ3v) is 1.60. The normalized spacial score (nSPS) is 10.4. The number of alkyl halides is 2. The van der Waals surface area contributed by atoms with Gasteiger partial charge in [0, 0.05) is 12.1 Å². The first-order valence-electron chi connectivity index (χ1n) is 3.96. The van der Waals surface area contributed by atoms with Crippen molar-refractivity contribution in [3.63, 3.8) is 0 Å². The van der Waals surface area contributed by atoms with Gasteiger partial charge in [-0.2, -0.15) is 0 Å². The van der Waals surface area contributed by atoms with E-state index >= 15 is 0 Å². The predicted octanol–water partition coefficient (Wildman–Crippen LogP) is 2.41. The molecule has 0 aromatic heterocycles. The van der Waals surface area contributed by atoms with Gasteiger partial charge in [0.1, 0.15) is 11.5 Å². The highest BCUT2D eigenvalue weighted by molar-refractivity contribution is 5.61. The molecule has 82 valence electrons. The Bertz CT molecular complexity index is 371. The van der Waals surface area contributed by atoms with Crippen LogP contribution in [0.15, 0.2) is 18.2 Å². The van der Waals surface area contributed by atoms with Crippen LogP contribution in [-0.4, -0.2) is 17.9 Å². The minimum absolute atomic E-state index is 0.250. The van der Waals surface area contributed by atoms with E-state index < -0.39 is 29.4 Å². The molecule has 0 fully saturated rings. The van der Waals surface area contributed by atoms with Crippen LogP contribution in [0.25, 0.3) is 0 Å². The lowest BCUT2D eigenvalue weighted by Gasteiger charge is -2.05. The van der Waals surface area contributed by atoms with Crippen molar-refractivity contribution >= 4 is 11.4 Å². The molecular formula is C8H7F3N2O2. The van der Waals surface area contributed by atoms with Crippen molar-refractivity contribution in [3.8, 4) is 0 Å². The van der Waals surface area contributed by atoms with Crippen molar-refractivity contribution in [3.05, 3.63) is 34.1 Å². The van der Waals surface area contributed by atoms with Crippen LogP contribution in [0.3, 0.4) is 0 Å². The maximum absolute atomic E-state index is 12.7. The standard InChI is InChI=1S/C8H7F3N2O2/c9-5-1-2-7(13(14)15)6(3-5)12-4-8(10)11/h1-3,8,12H,4H2. The fourth-order valence-electron chi connectivity index (χ4n) is 0.996. The number of nitrogens with one attached hydrogen (secondary N) is 1. The van der Waals surface area contributed by atoms with Gasteiger partial charge in [0.2, 0.25) is 0 Å². The SMILES string of the molecule is O=[N+]([O-])c1ccc(F)cc1NCC(F)F. The van der Waals surface area contributed by atoms with Crippen LogP contribution in [0, 0.1) is 15.9 Å². The summed E-state index contributed by atoms with van der Waals surface area (Å²) in [4.78, 5) is 9.66. The predicted molar refractivity (Wildman–Crippen MR) is 47.5 cm³/mol. The van der Waals surface area contributed by atoms with Gasteiger partial charge in [0.05, 0.1) is 11.5 Å². The molecule has 0 amide bonds. The summed E-state index contributed by atoms with van der Waals surface area (Å²) in [6.45, 7) is -0.760. The Morgan fingerprint density at radius 2 is 2.13 bits per heavy atom. The van der Waals surface area contributed by atoms with E-state index in [-0.39, 0.29) is 5.69 Å². The fraction of sp³-hybridized carbons (Fsp3) is 0.250. The zero-order valence-electron chi connectivity index (χ0n) is 7.41. The first-order chi connectivity index (χ1) is 7.00. The van der Waals surface area contributed by atoms with Crippen molar-refractivity contribution in [2.75, 3.05) is 11.9 Å². The number of nitro groups is 1. The van der Waals surface area contributed by atoms with E-state index in [2.05, 4.69) is 5.32 Å². The Hall–Kier alpha value is -1.79. The number of halogens is 3. The zero-order chi connectivity index (χ0) is 11.4. The van der Waals surface area contributed by atoms with Crippen LogP contribution in [0.4, 0.5) is 24.5 Å². The van der Waals surface area contributed by atoms with E-state index in [1.54, 1.807) is 0 Å². The molecule has 0 saturated heterocycles. The summed E-state index contributed by atoms with van der Waals surface area (Å²) in [7, 11) is 0. The maximum Gasteiger partial charge on any atom is 0.292 e. The molecule has 0 atom stereocenters. The molecule has 0 aliphatic carbocycles. The van der Waals surface area contributed by atoms with E-state index in [1.165, 1.54) is 0 Å². The average Bonchev–Trinajstić information content (AvgIpc) is 2.14. The van der Waals surface area contributed by atoms with Crippen LogP contribution in [0.5, 0.6) is 0 Å². The quantitative estimate of drug-likeness (QED) is 0.626. The van der Waals surface area contributed by atoms with Crippen molar-refractivity contribution in [2.45, 2.75) is 6.43 Å². The van der Waals surface area contributed by atoms with Gasteiger partial charge in [-0.1, -0.05) is 0 Å². The maximum atomic E-state index is 12.7. The summed E-state index contributed by atoms with van der Waals surface area (Å²) in [6.07, 6.45) is -2.66. The van der Waals surface area contributed by atoms with Crippen LogP contribution < -0.4 is 5.32 Å². The Morgan fingerprint density at radius 3 is 2.67 bits per heavy atom. The minimum Gasteiger partial charge on any atom is -0.374 e. The van der Waals surface area contributed by atoms with Crippen molar-refractivity contribution in [2.24, 2.45) is 0 Å². The summed E-state index contributed by atoms with van der Waals surface area (Å²) in [6, 6.07) is 2.62. The van der Waals surface area contributed by atoms with Gasteiger partial charge in [-0.25, -0.2) is 13.2 Å². The number of benzene rings is 1. The molecule has 15 heavy (non-hydrogen) atoms. The number of hydrogen-bond donors (Lipinski definition) is 1. The van der Waals surface area contributed by atoms with Gasteiger partial charge >= 0.3 is 0 Å². The molecule has 0 aliphatic heterocycles. The Morgan fingerprint density at radius 1 is 1.47 bits per heavy atom. The molecule has 0 bridgehead atoms. The van der Waals surface area contributed by atoms with Gasteiger partial charge in [0.25, 0.3) is 12.1 Å². The summed E-state index contributed by atoms with van der Waals surface area (Å²) in [5.74, 6) is -0.725. The minimum atomic E-state index is -2.66. The van der Waals surface area contributed by atoms with Crippen molar-refractivity contribution in [1.82, 2.24) is 0 Å². The van der Waals surface area contributed by atoms with Crippen LogP contribution >= 0.6 is 0 Å². The summed E-state index contributed by atoms with van der Waals surface area (Å²) < 4.78 is 36.3. The smallest absolute Gasteiger partial charge is 0.292 e. The number of rotatable bonds is 4. The van der Waals surface area contributed by atoms with Crippen molar-refractivity contribution in [1.29, 1.82) is 0 Å². The second-order valence-corrected chi connectivity index (χ2v) is 2.69. The van der Waals surface area contributed by atoms with E-state index in [4.69, 9.17) is 0 Å². The largest absolute Gasteiger partial charge is 0.374 e. The van der Waals surface area contributed by atoms with E-state index in [1.807, 2.05) is 0 Å². The molecule has 1 aromatic rings. The molecule has 0 radical (unpaired) electrons. The molecule has 0 heterocycles. The molecule has 4 nitrogen and oxygen atoms in total. The number of hydrogen-bond acceptors (Lipinski definition) is 3.